The van der Waals surface area contributed by atoms with E-state index in [4.69, 9.17) is 11.6 Å². The highest BCUT2D eigenvalue weighted by Gasteiger charge is 2.14. The van der Waals surface area contributed by atoms with Crippen molar-refractivity contribution in [2.75, 3.05) is 25.1 Å². The number of methoxy groups -OCH3 is 1. The second-order valence-corrected chi connectivity index (χ2v) is 4.34. The fourth-order valence-corrected chi connectivity index (χ4v) is 2.09. The largest absolute Gasteiger partial charge is 0.468 e. The van der Waals surface area contributed by atoms with Crippen molar-refractivity contribution in [2.45, 2.75) is 6.92 Å². The predicted molar refractivity (Wildman–Crippen MR) is 66.9 cm³/mol. The molecule has 4 nitrogen and oxygen atoms in total. The van der Waals surface area contributed by atoms with Crippen LogP contribution in [0, 0.1) is 0 Å². The molecule has 0 aromatic carbocycles. The van der Waals surface area contributed by atoms with Crippen molar-refractivity contribution in [3.05, 3.63) is 21.8 Å². The van der Waals surface area contributed by atoms with Crippen LogP contribution < -0.4 is 4.90 Å². The van der Waals surface area contributed by atoms with Gasteiger partial charge in [-0.1, -0.05) is 11.6 Å². The molecule has 0 bridgehead atoms. The van der Waals surface area contributed by atoms with E-state index in [0.29, 0.717) is 17.4 Å². The van der Waals surface area contributed by atoms with Crippen LogP contribution in [0.3, 0.4) is 0 Å². The van der Waals surface area contributed by atoms with Crippen molar-refractivity contribution < 1.29 is 9.53 Å². The van der Waals surface area contributed by atoms with Crippen molar-refractivity contribution >= 4 is 39.3 Å². The molecule has 88 valence electrons. The summed E-state index contributed by atoms with van der Waals surface area (Å²) >= 11 is 9.15. The Bertz CT molecular complexity index is 387. The molecule has 0 spiro atoms. The van der Waals surface area contributed by atoms with E-state index in [0.717, 1.165) is 4.47 Å². The van der Waals surface area contributed by atoms with Gasteiger partial charge in [0.25, 0.3) is 0 Å². The van der Waals surface area contributed by atoms with Gasteiger partial charge in [0.15, 0.2) is 0 Å². The molecule has 6 heteroatoms. The van der Waals surface area contributed by atoms with Crippen molar-refractivity contribution in [3.63, 3.8) is 0 Å². The van der Waals surface area contributed by atoms with Gasteiger partial charge in [-0.15, -0.1) is 0 Å². The standard InChI is InChI=1S/C10H12BrClN2O2/c1-3-14(6-9(15)16-2)10-8(11)4-7(12)5-13-10/h4-5H,3,6H2,1-2H3. The molecule has 0 N–H and O–H groups in total. The predicted octanol–water partition coefficient (Wildman–Crippen LogP) is 2.50. The van der Waals surface area contributed by atoms with Gasteiger partial charge in [0.1, 0.15) is 12.4 Å². The minimum absolute atomic E-state index is 0.167. The number of esters is 1. The average Bonchev–Trinajstić information content (AvgIpc) is 2.26. The van der Waals surface area contributed by atoms with Gasteiger partial charge in [0, 0.05) is 12.7 Å². The number of likely N-dealkylation sites (N-methyl/N-ethyl adjacent to an activating group) is 1. The minimum atomic E-state index is -0.300. The van der Waals surface area contributed by atoms with Gasteiger partial charge in [0.2, 0.25) is 0 Å². The summed E-state index contributed by atoms with van der Waals surface area (Å²) in [5.74, 6) is 0.378. The third kappa shape index (κ3) is 3.35. The van der Waals surface area contributed by atoms with E-state index >= 15 is 0 Å². The smallest absolute Gasteiger partial charge is 0.325 e. The maximum Gasteiger partial charge on any atom is 0.325 e. The van der Waals surface area contributed by atoms with E-state index in [1.54, 1.807) is 17.2 Å². The molecule has 1 rings (SSSR count). The SMILES string of the molecule is CCN(CC(=O)OC)c1ncc(Cl)cc1Br. The number of hydrogen-bond donors (Lipinski definition) is 0. The third-order valence-corrected chi connectivity index (χ3v) is 2.81. The number of rotatable bonds is 4. The fourth-order valence-electron chi connectivity index (χ4n) is 1.20. The Hall–Kier alpha value is -0.810. The third-order valence-electron chi connectivity index (χ3n) is 2.02. The number of anilines is 1. The van der Waals surface area contributed by atoms with Crippen LogP contribution in [0.2, 0.25) is 5.02 Å². The highest BCUT2D eigenvalue weighted by Crippen LogP contribution is 2.26. The van der Waals surface area contributed by atoms with Crippen molar-refractivity contribution in [1.82, 2.24) is 4.98 Å². The van der Waals surface area contributed by atoms with E-state index in [9.17, 15) is 4.79 Å². The van der Waals surface area contributed by atoms with E-state index in [-0.39, 0.29) is 12.5 Å². The summed E-state index contributed by atoms with van der Waals surface area (Å²) in [6.45, 7) is 2.76. The van der Waals surface area contributed by atoms with Gasteiger partial charge in [-0.3, -0.25) is 4.79 Å². The number of halogens is 2. The lowest BCUT2D eigenvalue weighted by atomic mass is 10.4. The Morgan fingerprint density at radius 2 is 2.38 bits per heavy atom. The number of hydrogen-bond acceptors (Lipinski definition) is 4. The molecule has 0 unspecified atom stereocenters. The van der Waals surface area contributed by atoms with Crippen molar-refractivity contribution in [2.24, 2.45) is 0 Å². The lowest BCUT2D eigenvalue weighted by molar-refractivity contribution is -0.138. The summed E-state index contributed by atoms with van der Waals surface area (Å²) in [6, 6.07) is 1.74. The van der Waals surface area contributed by atoms with Crippen LogP contribution in [-0.4, -0.2) is 31.2 Å². The highest BCUT2D eigenvalue weighted by molar-refractivity contribution is 9.10. The van der Waals surface area contributed by atoms with E-state index in [2.05, 4.69) is 25.7 Å². The Morgan fingerprint density at radius 3 is 2.88 bits per heavy atom. The maximum absolute atomic E-state index is 11.2. The summed E-state index contributed by atoms with van der Waals surface area (Å²) < 4.78 is 5.37. The highest BCUT2D eigenvalue weighted by atomic mass is 79.9. The number of ether oxygens (including phenoxy) is 1. The quantitative estimate of drug-likeness (QED) is 0.802. The second kappa shape index (κ2) is 6.06. The van der Waals surface area contributed by atoms with Crippen LogP contribution in [0.5, 0.6) is 0 Å². The Balaban J connectivity index is 2.90. The molecule has 0 atom stereocenters. The first-order valence-corrected chi connectivity index (χ1v) is 5.88. The number of carbonyl (C=O) groups is 1. The lowest BCUT2D eigenvalue weighted by Gasteiger charge is -2.21. The number of aromatic nitrogens is 1. The van der Waals surface area contributed by atoms with Gasteiger partial charge in [-0.25, -0.2) is 4.98 Å². The Labute approximate surface area is 108 Å². The fraction of sp³-hybridized carbons (Fsp3) is 0.400. The molecule has 0 amide bonds. The normalized spacial score (nSPS) is 10.0. The first-order valence-electron chi connectivity index (χ1n) is 4.71. The zero-order valence-corrected chi connectivity index (χ0v) is 11.4. The molecule has 1 aromatic rings. The molecule has 0 aliphatic heterocycles. The molecule has 1 heterocycles. The summed E-state index contributed by atoms with van der Waals surface area (Å²) in [7, 11) is 1.36. The van der Waals surface area contributed by atoms with Crippen LogP contribution in [0.1, 0.15) is 6.92 Å². The number of nitrogens with zero attached hydrogens (tertiary/aromatic N) is 2. The summed E-state index contributed by atoms with van der Waals surface area (Å²) in [5, 5.41) is 0.546. The summed E-state index contributed by atoms with van der Waals surface area (Å²) in [5.41, 5.74) is 0. The van der Waals surface area contributed by atoms with Gasteiger partial charge < -0.3 is 9.64 Å². The molecule has 0 saturated carbocycles. The Morgan fingerprint density at radius 1 is 1.69 bits per heavy atom. The van der Waals surface area contributed by atoms with Crippen LogP contribution in [0.15, 0.2) is 16.7 Å². The maximum atomic E-state index is 11.2. The van der Waals surface area contributed by atoms with E-state index in [1.165, 1.54) is 7.11 Å². The van der Waals surface area contributed by atoms with Gasteiger partial charge in [-0.2, -0.15) is 0 Å². The zero-order chi connectivity index (χ0) is 12.1. The monoisotopic (exact) mass is 306 g/mol. The molecule has 0 aliphatic rings. The molecule has 0 aliphatic carbocycles. The van der Waals surface area contributed by atoms with Gasteiger partial charge in [-0.05, 0) is 28.9 Å². The van der Waals surface area contributed by atoms with Crippen LogP contribution in [-0.2, 0) is 9.53 Å². The number of pyridine rings is 1. The number of carbonyl (C=O) groups excluding carboxylic acids is 1. The first kappa shape index (κ1) is 13.3. The minimum Gasteiger partial charge on any atom is -0.468 e. The van der Waals surface area contributed by atoms with Crippen molar-refractivity contribution in [1.29, 1.82) is 0 Å². The molecule has 16 heavy (non-hydrogen) atoms. The van der Waals surface area contributed by atoms with Gasteiger partial charge in [0.05, 0.1) is 16.6 Å². The van der Waals surface area contributed by atoms with E-state index in [1.807, 2.05) is 6.92 Å². The van der Waals surface area contributed by atoms with Gasteiger partial charge >= 0.3 is 5.97 Å². The van der Waals surface area contributed by atoms with Crippen LogP contribution in [0.4, 0.5) is 5.82 Å². The molecular formula is C10H12BrClN2O2. The second-order valence-electron chi connectivity index (χ2n) is 3.05. The average molecular weight is 308 g/mol. The van der Waals surface area contributed by atoms with Crippen LogP contribution >= 0.6 is 27.5 Å². The molecule has 1 aromatic heterocycles. The summed E-state index contributed by atoms with van der Waals surface area (Å²) in [4.78, 5) is 17.2. The Kier molecular flexibility index (Phi) is 5.02. The molecule has 0 radical (unpaired) electrons. The summed E-state index contributed by atoms with van der Waals surface area (Å²) in [6.07, 6.45) is 1.54. The topological polar surface area (TPSA) is 42.4 Å². The molecular weight excluding hydrogens is 295 g/mol. The van der Waals surface area contributed by atoms with Crippen LogP contribution in [0.25, 0.3) is 0 Å². The lowest BCUT2D eigenvalue weighted by Crippen LogP contribution is -2.31. The zero-order valence-electron chi connectivity index (χ0n) is 9.04. The first-order chi connectivity index (χ1) is 7.58. The van der Waals surface area contributed by atoms with Crippen molar-refractivity contribution in [3.8, 4) is 0 Å². The molecule has 0 saturated heterocycles. The molecule has 0 fully saturated rings. The van der Waals surface area contributed by atoms with E-state index < -0.39 is 0 Å².